The average molecular weight is 343 g/mol. The molecule has 1 amide bonds. The van der Waals surface area contributed by atoms with Crippen LogP contribution in [0.5, 0.6) is 5.75 Å². The third-order valence-corrected chi connectivity index (χ3v) is 4.18. The van der Waals surface area contributed by atoms with Crippen LogP contribution in [0.1, 0.15) is 24.0 Å². The highest BCUT2D eigenvalue weighted by Crippen LogP contribution is 2.23. The monoisotopic (exact) mass is 343 g/mol. The molecule has 0 aromatic heterocycles. The van der Waals surface area contributed by atoms with Crippen molar-refractivity contribution in [2.75, 3.05) is 0 Å². The lowest BCUT2D eigenvalue weighted by Gasteiger charge is -2.23. The topological polar surface area (TPSA) is 66.8 Å². The lowest BCUT2D eigenvalue weighted by molar-refractivity contribution is -0.153. The van der Waals surface area contributed by atoms with E-state index in [0.717, 1.165) is 11.1 Å². The number of phenolic OH excluding ortho intramolecular Hbond substituents is 1. The van der Waals surface area contributed by atoms with Crippen molar-refractivity contribution < 1.29 is 23.8 Å². The summed E-state index contributed by atoms with van der Waals surface area (Å²) in [6.45, 7) is 0.326. The number of rotatable bonds is 5. The summed E-state index contributed by atoms with van der Waals surface area (Å²) in [4.78, 5) is 25.9. The van der Waals surface area contributed by atoms with Crippen molar-refractivity contribution in [3.05, 3.63) is 65.5 Å². The first-order chi connectivity index (χ1) is 12.0. The Kier molecular flexibility index (Phi) is 4.97. The maximum absolute atomic E-state index is 13.0. The molecule has 3 rings (SSSR count). The number of ether oxygens (including phenoxy) is 1. The minimum absolute atomic E-state index is 0.0776. The summed E-state index contributed by atoms with van der Waals surface area (Å²) in [5.74, 6) is -0.778. The summed E-state index contributed by atoms with van der Waals surface area (Å²) in [5, 5.41) is 9.25. The van der Waals surface area contributed by atoms with E-state index < -0.39 is 12.0 Å². The number of carbonyl (C=O) groups excluding carboxylic acids is 2. The highest BCUT2D eigenvalue weighted by atomic mass is 19.1. The molecule has 6 heteroatoms. The van der Waals surface area contributed by atoms with Crippen LogP contribution < -0.4 is 0 Å². The fraction of sp³-hybridized carbons (Fsp3) is 0.263. The first kappa shape index (κ1) is 17.0. The molecule has 1 aliphatic heterocycles. The van der Waals surface area contributed by atoms with E-state index in [9.17, 15) is 19.1 Å². The number of aromatic hydroxyl groups is 1. The molecule has 1 atom stereocenters. The molecular weight excluding hydrogens is 325 g/mol. The molecule has 25 heavy (non-hydrogen) atoms. The molecule has 1 N–H and O–H groups in total. The molecule has 2 aromatic carbocycles. The van der Waals surface area contributed by atoms with Gasteiger partial charge < -0.3 is 14.7 Å². The maximum Gasteiger partial charge on any atom is 0.329 e. The van der Waals surface area contributed by atoms with Crippen LogP contribution in [-0.2, 0) is 27.5 Å². The second kappa shape index (κ2) is 7.34. The standard InChI is InChI=1S/C19H18FNO4/c20-15-5-1-13(2-6-15)11-21-17(9-10-18(21)23)19(24)25-12-14-3-7-16(22)8-4-14/h1-8,17,22H,9-12H2/t17-/m0/s1. The number of halogens is 1. The fourth-order valence-electron chi connectivity index (χ4n) is 2.81. The van der Waals surface area contributed by atoms with Gasteiger partial charge in [-0.2, -0.15) is 0 Å². The summed E-state index contributed by atoms with van der Waals surface area (Å²) in [7, 11) is 0. The molecular formula is C19H18FNO4. The number of amides is 1. The summed E-state index contributed by atoms with van der Waals surface area (Å²) in [5.41, 5.74) is 1.51. The number of likely N-dealkylation sites (tertiary alicyclic amines) is 1. The number of phenols is 1. The van der Waals surface area contributed by atoms with Crippen LogP contribution in [0.25, 0.3) is 0 Å². The van der Waals surface area contributed by atoms with Crippen molar-refractivity contribution in [1.29, 1.82) is 0 Å². The van der Waals surface area contributed by atoms with Crippen molar-refractivity contribution in [2.24, 2.45) is 0 Å². The van der Waals surface area contributed by atoms with Crippen molar-refractivity contribution in [3.8, 4) is 5.75 Å². The van der Waals surface area contributed by atoms with Gasteiger partial charge in [-0.05, 0) is 41.8 Å². The number of carbonyl (C=O) groups is 2. The van der Waals surface area contributed by atoms with Gasteiger partial charge in [-0.15, -0.1) is 0 Å². The largest absolute Gasteiger partial charge is 0.508 e. The molecule has 1 fully saturated rings. The zero-order valence-electron chi connectivity index (χ0n) is 13.5. The van der Waals surface area contributed by atoms with E-state index in [1.54, 1.807) is 24.3 Å². The first-order valence-electron chi connectivity index (χ1n) is 8.01. The Morgan fingerprint density at radius 1 is 1.12 bits per heavy atom. The second-order valence-electron chi connectivity index (χ2n) is 5.98. The van der Waals surface area contributed by atoms with E-state index >= 15 is 0 Å². The van der Waals surface area contributed by atoms with Gasteiger partial charge in [0.2, 0.25) is 5.91 Å². The van der Waals surface area contributed by atoms with Crippen LogP contribution in [0.4, 0.5) is 4.39 Å². The van der Waals surface area contributed by atoms with E-state index in [4.69, 9.17) is 4.74 Å². The highest BCUT2D eigenvalue weighted by Gasteiger charge is 2.37. The maximum atomic E-state index is 13.0. The summed E-state index contributed by atoms with van der Waals surface area (Å²) < 4.78 is 18.3. The Balaban J connectivity index is 1.62. The Labute approximate surface area is 144 Å². The molecule has 1 saturated heterocycles. The van der Waals surface area contributed by atoms with E-state index in [-0.39, 0.29) is 30.6 Å². The number of benzene rings is 2. The molecule has 0 radical (unpaired) electrons. The van der Waals surface area contributed by atoms with Crippen LogP contribution in [0, 0.1) is 5.82 Å². The normalized spacial score (nSPS) is 16.9. The van der Waals surface area contributed by atoms with Gasteiger partial charge in [0.15, 0.2) is 0 Å². The van der Waals surface area contributed by atoms with Crippen LogP contribution in [0.15, 0.2) is 48.5 Å². The smallest absolute Gasteiger partial charge is 0.329 e. The van der Waals surface area contributed by atoms with E-state index in [1.165, 1.54) is 29.2 Å². The van der Waals surface area contributed by atoms with Gasteiger partial charge in [0, 0.05) is 13.0 Å². The molecule has 2 aromatic rings. The van der Waals surface area contributed by atoms with Gasteiger partial charge in [0.25, 0.3) is 0 Å². The minimum atomic E-state index is -0.630. The van der Waals surface area contributed by atoms with E-state index in [0.29, 0.717) is 12.8 Å². The van der Waals surface area contributed by atoms with Crippen molar-refractivity contribution >= 4 is 11.9 Å². The Morgan fingerprint density at radius 2 is 1.76 bits per heavy atom. The van der Waals surface area contributed by atoms with Crippen molar-refractivity contribution in [2.45, 2.75) is 32.0 Å². The number of esters is 1. The summed E-state index contributed by atoms with van der Waals surface area (Å²) in [6.07, 6.45) is 0.703. The Bertz CT molecular complexity index is 758. The third-order valence-electron chi connectivity index (χ3n) is 4.18. The van der Waals surface area contributed by atoms with Crippen LogP contribution in [0.3, 0.4) is 0 Å². The van der Waals surface area contributed by atoms with Crippen LogP contribution in [0.2, 0.25) is 0 Å². The average Bonchev–Trinajstić information content (AvgIpc) is 2.97. The summed E-state index contributed by atoms with van der Waals surface area (Å²) in [6, 6.07) is 11.6. The Morgan fingerprint density at radius 3 is 2.44 bits per heavy atom. The third kappa shape index (κ3) is 4.15. The number of hydrogen-bond acceptors (Lipinski definition) is 4. The van der Waals surface area contributed by atoms with Gasteiger partial charge in [0.1, 0.15) is 24.2 Å². The molecule has 0 aliphatic carbocycles. The number of nitrogens with zero attached hydrogens (tertiary/aromatic N) is 1. The second-order valence-corrected chi connectivity index (χ2v) is 5.98. The van der Waals surface area contributed by atoms with E-state index in [2.05, 4.69) is 0 Å². The molecule has 0 bridgehead atoms. The fourth-order valence-corrected chi connectivity index (χ4v) is 2.81. The molecule has 0 spiro atoms. The predicted molar refractivity (Wildman–Crippen MR) is 87.9 cm³/mol. The zero-order valence-corrected chi connectivity index (χ0v) is 13.5. The molecule has 1 aliphatic rings. The Hall–Kier alpha value is -2.89. The predicted octanol–water partition coefficient (Wildman–Crippen LogP) is 2.77. The summed E-state index contributed by atoms with van der Waals surface area (Å²) >= 11 is 0. The first-order valence-corrected chi connectivity index (χ1v) is 8.01. The SMILES string of the molecule is O=C(OCc1ccc(O)cc1)[C@@H]1CCC(=O)N1Cc1ccc(F)cc1. The van der Waals surface area contributed by atoms with Crippen molar-refractivity contribution in [1.82, 2.24) is 4.90 Å². The lowest BCUT2D eigenvalue weighted by Crippen LogP contribution is -2.39. The van der Waals surface area contributed by atoms with E-state index in [1.807, 2.05) is 0 Å². The molecule has 130 valence electrons. The number of hydrogen-bond donors (Lipinski definition) is 1. The molecule has 0 saturated carbocycles. The van der Waals surface area contributed by atoms with Crippen molar-refractivity contribution in [3.63, 3.8) is 0 Å². The van der Waals surface area contributed by atoms with Crippen LogP contribution in [-0.4, -0.2) is 27.9 Å². The molecule has 5 nitrogen and oxygen atoms in total. The van der Waals surface area contributed by atoms with Gasteiger partial charge in [0.05, 0.1) is 0 Å². The van der Waals surface area contributed by atoms with Gasteiger partial charge >= 0.3 is 5.97 Å². The molecule has 0 unspecified atom stereocenters. The minimum Gasteiger partial charge on any atom is -0.508 e. The lowest BCUT2D eigenvalue weighted by atomic mass is 10.2. The van der Waals surface area contributed by atoms with Gasteiger partial charge in [-0.3, -0.25) is 4.79 Å². The van der Waals surface area contributed by atoms with Gasteiger partial charge in [-0.1, -0.05) is 24.3 Å². The zero-order chi connectivity index (χ0) is 17.8. The highest BCUT2D eigenvalue weighted by molar-refractivity contribution is 5.88. The van der Waals surface area contributed by atoms with Gasteiger partial charge in [-0.25, -0.2) is 9.18 Å². The molecule has 1 heterocycles. The van der Waals surface area contributed by atoms with Crippen LogP contribution >= 0.6 is 0 Å². The quantitative estimate of drug-likeness (QED) is 0.848.